The molecular weight excluding hydrogens is 280 g/mol. The van der Waals surface area contributed by atoms with Gasteiger partial charge in [-0.25, -0.2) is 0 Å². The molecule has 114 valence electrons. The minimum atomic E-state index is -0.158. The lowest BCUT2D eigenvalue weighted by Gasteiger charge is -2.10. The zero-order valence-electron chi connectivity index (χ0n) is 12.3. The number of nitrogens with one attached hydrogen (secondary N) is 1. The summed E-state index contributed by atoms with van der Waals surface area (Å²) in [6.07, 6.45) is 0.235. The van der Waals surface area contributed by atoms with E-state index in [9.17, 15) is 4.79 Å². The van der Waals surface area contributed by atoms with Crippen LogP contribution in [0.15, 0.2) is 59.8 Å². The van der Waals surface area contributed by atoms with Gasteiger partial charge in [0.05, 0.1) is 18.7 Å². The van der Waals surface area contributed by atoms with Gasteiger partial charge >= 0.3 is 0 Å². The lowest BCUT2D eigenvalue weighted by molar-refractivity contribution is -0.116. The summed E-state index contributed by atoms with van der Waals surface area (Å²) in [5, 5.41) is 14.8. The molecule has 0 aliphatic carbocycles. The van der Waals surface area contributed by atoms with E-state index >= 15 is 0 Å². The van der Waals surface area contributed by atoms with Crippen LogP contribution in [0.25, 0.3) is 0 Å². The van der Waals surface area contributed by atoms with E-state index in [0.29, 0.717) is 23.6 Å². The molecule has 0 aliphatic rings. The van der Waals surface area contributed by atoms with Gasteiger partial charge < -0.3 is 15.3 Å². The second kappa shape index (κ2) is 7.83. The molecule has 1 amide bonds. The number of carbonyl (C=O) groups is 1. The Morgan fingerprint density at radius 2 is 1.82 bits per heavy atom. The van der Waals surface area contributed by atoms with Crippen LogP contribution in [0.3, 0.4) is 0 Å². The van der Waals surface area contributed by atoms with Gasteiger partial charge in [0.25, 0.3) is 0 Å². The van der Waals surface area contributed by atoms with Gasteiger partial charge in [0, 0.05) is 11.3 Å². The van der Waals surface area contributed by atoms with Gasteiger partial charge in [0.1, 0.15) is 5.75 Å². The highest BCUT2D eigenvalue weighted by Crippen LogP contribution is 2.16. The molecule has 22 heavy (non-hydrogen) atoms. The van der Waals surface area contributed by atoms with Crippen LogP contribution in [0.2, 0.25) is 0 Å². The fourth-order valence-corrected chi connectivity index (χ4v) is 1.95. The molecule has 2 rings (SSSR count). The average Bonchev–Trinajstić information content (AvgIpc) is 2.55. The highest BCUT2D eigenvalue weighted by atomic mass is 16.5. The Bertz CT molecular complexity index is 654. The number of oxime groups is 1. The van der Waals surface area contributed by atoms with E-state index in [-0.39, 0.29) is 12.3 Å². The van der Waals surface area contributed by atoms with E-state index in [0.717, 1.165) is 5.75 Å². The van der Waals surface area contributed by atoms with Gasteiger partial charge in [-0.2, -0.15) is 0 Å². The van der Waals surface area contributed by atoms with Crippen molar-refractivity contribution in [3.63, 3.8) is 0 Å². The molecule has 0 fully saturated rings. The van der Waals surface area contributed by atoms with Gasteiger partial charge in [-0.1, -0.05) is 41.6 Å². The molecule has 2 aromatic rings. The maximum absolute atomic E-state index is 12.0. The summed E-state index contributed by atoms with van der Waals surface area (Å²) in [6.45, 7) is 1.97. The maximum atomic E-state index is 12.0. The van der Waals surface area contributed by atoms with E-state index in [1.807, 2.05) is 42.5 Å². The van der Waals surface area contributed by atoms with E-state index in [1.165, 1.54) is 0 Å². The number of hydrogen-bond acceptors (Lipinski definition) is 4. The molecule has 0 bridgehead atoms. The number of para-hydroxylation sites is 2. The van der Waals surface area contributed by atoms with Crippen molar-refractivity contribution in [1.82, 2.24) is 0 Å². The monoisotopic (exact) mass is 298 g/mol. The van der Waals surface area contributed by atoms with E-state index < -0.39 is 0 Å². The summed E-state index contributed by atoms with van der Waals surface area (Å²) in [6, 6.07) is 16.5. The van der Waals surface area contributed by atoms with Gasteiger partial charge in [-0.15, -0.1) is 0 Å². The van der Waals surface area contributed by atoms with E-state index in [1.54, 1.807) is 19.1 Å². The number of anilines is 1. The number of carbonyl (C=O) groups excluding carboxylic acids is 1. The highest BCUT2D eigenvalue weighted by molar-refractivity contribution is 6.06. The average molecular weight is 298 g/mol. The van der Waals surface area contributed by atoms with Crippen LogP contribution in [0.1, 0.15) is 18.9 Å². The minimum Gasteiger partial charge on any atom is -0.493 e. The molecule has 0 saturated heterocycles. The third-order valence-electron chi connectivity index (χ3n) is 3.08. The Kier molecular flexibility index (Phi) is 5.54. The largest absolute Gasteiger partial charge is 0.493 e. The molecule has 0 spiro atoms. The van der Waals surface area contributed by atoms with Crippen molar-refractivity contribution >= 4 is 17.3 Å². The van der Waals surface area contributed by atoms with Crippen molar-refractivity contribution in [2.45, 2.75) is 13.3 Å². The summed E-state index contributed by atoms with van der Waals surface area (Å²) in [5.74, 6) is 0.577. The molecule has 0 heterocycles. The second-order valence-electron chi connectivity index (χ2n) is 4.69. The zero-order chi connectivity index (χ0) is 15.8. The third-order valence-corrected chi connectivity index (χ3v) is 3.08. The Morgan fingerprint density at radius 1 is 1.14 bits per heavy atom. The lowest BCUT2D eigenvalue weighted by Crippen LogP contribution is -2.17. The van der Waals surface area contributed by atoms with Crippen LogP contribution < -0.4 is 10.1 Å². The minimum absolute atomic E-state index is 0.158. The Balaban J connectivity index is 1.90. The van der Waals surface area contributed by atoms with Gasteiger partial charge in [0.15, 0.2) is 0 Å². The summed E-state index contributed by atoms with van der Waals surface area (Å²) in [4.78, 5) is 12.0. The van der Waals surface area contributed by atoms with Crippen molar-refractivity contribution in [1.29, 1.82) is 0 Å². The van der Waals surface area contributed by atoms with E-state index in [4.69, 9.17) is 9.94 Å². The molecule has 0 atom stereocenters. The standard InChI is InChI=1S/C17H18N2O3/c1-13(19-21)15-9-5-6-10-16(15)18-17(20)11-12-22-14-7-3-2-4-8-14/h2-10,21H,11-12H2,1H3,(H,18,20)/b19-13+. The van der Waals surface area contributed by atoms with Crippen LogP contribution >= 0.6 is 0 Å². The summed E-state index contributed by atoms with van der Waals surface area (Å²) < 4.78 is 5.49. The van der Waals surface area contributed by atoms with Crippen LogP contribution in [0.4, 0.5) is 5.69 Å². The van der Waals surface area contributed by atoms with Crippen molar-refractivity contribution in [2.24, 2.45) is 5.16 Å². The second-order valence-corrected chi connectivity index (χ2v) is 4.69. The molecule has 5 nitrogen and oxygen atoms in total. The van der Waals surface area contributed by atoms with Gasteiger partial charge in [-0.05, 0) is 25.1 Å². The smallest absolute Gasteiger partial charge is 0.227 e. The first-order valence-electron chi connectivity index (χ1n) is 6.96. The number of rotatable bonds is 6. The Labute approximate surface area is 129 Å². The molecule has 2 N–H and O–H groups in total. The topological polar surface area (TPSA) is 70.9 Å². The number of ether oxygens (including phenoxy) is 1. The van der Waals surface area contributed by atoms with Crippen molar-refractivity contribution in [3.8, 4) is 5.75 Å². The summed E-state index contributed by atoms with van der Waals surface area (Å²) >= 11 is 0. The lowest BCUT2D eigenvalue weighted by atomic mass is 10.1. The fourth-order valence-electron chi connectivity index (χ4n) is 1.95. The first-order chi connectivity index (χ1) is 10.7. The molecule has 0 aliphatic heterocycles. The van der Waals surface area contributed by atoms with E-state index in [2.05, 4.69) is 10.5 Å². The van der Waals surface area contributed by atoms with Crippen LogP contribution in [-0.2, 0) is 4.79 Å². The Morgan fingerprint density at radius 3 is 2.55 bits per heavy atom. The van der Waals surface area contributed by atoms with Crippen LogP contribution in [0, 0.1) is 0 Å². The SMILES string of the molecule is C/C(=N\O)c1ccccc1NC(=O)CCOc1ccccc1. The van der Waals surface area contributed by atoms with Crippen molar-refractivity contribution < 1.29 is 14.7 Å². The predicted molar refractivity (Wildman–Crippen MR) is 85.6 cm³/mol. The fraction of sp³-hybridized carbons (Fsp3) is 0.176. The molecule has 0 unspecified atom stereocenters. The quantitative estimate of drug-likeness (QED) is 0.488. The van der Waals surface area contributed by atoms with Crippen molar-refractivity contribution in [2.75, 3.05) is 11.9 Å². The molecule has 5 heteroatoms. The molecule has 2 aromatic carbocycles. The first-order valence-corrected chi connectivity index (χ1v) is 6.96. The maximum Gasteiger partial charge on any atom is 0.227 e. The number of nitrogens with zero attached hydrogens (tertiary/aromatic N) is 1. The molecule has 0 radical (unpaired) electrons. The van der Waals surface area contributed by atoms with Crippen LogP contribution in [-0.4, -0.2) is 23.4 Å². The highest BCUT2D eigenvalue weighted by Gasteiger charge is 2.09. The third kappa shape index (κ3) is 4.34. The molecular formula is C17H18N2O3. The molecule has 0 aromatic heterocycles. The van der Waals surface area contributed by atoms with Crippen LogP contribution in [0.5, 0.6) is 5.75 Å². The molecule has 0 saturated carbocycles. The first kappa shape index (κ1) is 15.6. The van der Waals surface area contributed by atoms with Crippen molar-refractivity contribution in [3.05, 3.63) is 60.2 Å². The normalized spacial score (nSPS) is 11.0. The predicted octanol–water partition coefficient (Wildman–Crippen LogP) is 3.29. The zero-order valence-corrected chi connectivity index (χ0v) is 12.3. The number of amides is 1. The summed E-state index contributed by atoms with van der Waals surface area (Å²) in [5.41, 5.74) is 1.74. The Hall–Kier alpha value is -2.82. The van der Waals surface area contributed by atoms with Gasteiger partial charge in [-0.3, -0.25) is 4.79 Å². The van der Waals surface area contributed by atoms with Gasteiger partial charge in [0.2, 0.25) is 5.91 Å². The number of hydrogen-bond donors (Lipinski definition) is 2. The summed E-state index contributed by atoms with van der Waals surface area (Å²) in [7, 11) is 0. The number of benzene rings is 2.